The lowest BCUT2D eigenvalue weighted by Gasteiger charge is -2.28. The van der Waals surface area contributed by atoms with Crippen LogP contribution >= 0.6 is 11.6 Å². The molecule has 10 heteroatoms. The van der Waals surface area contributed by atoms with Crippen LogP contribution in [0.4, 0.5) is 17.6 Å². The molecule has 3 heterocycles. The molecule has 1 aromatic carbocycles. The summed E-state index contributed by atoms with van der Waals surface area (Å²) >= 11 is 5.89. The van der Waals surface area contributed by atoms with Gasteiger partial charge in [-0.2, -0.15) is 13.2 Å². The lowest BCUT2D eigenvalue weighted by atomic mass is 10.1. The van der Waals surface area contributed by atoms with Crippen LogP contribution < -0.4 is 0 Å². The standard InChI is InChI=1S/C20H15ClF4N4O/c21-18-12(3-1-4-13(18)20(23,24)25)19(30)28-8-6-17-16(10-28)27-11-29(17)9-15-14(22)5-2-7-26-15/h1-5,7,11H,6,8-10H2. The average Bonchev–Trinajstić information content (AvgIpc) is 3.10. The van der Waals surface area contributed by atoms with E-state index in [2.05, 4.69) is 9.97 Å². The molecule has 1 amide bonds. The number of hydrogen-bond acceptors (Lipinski definition) is 3. The predicted molar refractivity (Wildman–Crippen MR) is 100 cm³/mol. The molecule has 0 atom stereocenters. The van der Waals surface area contributed by atoms with Gasteiger partial charge in [-0.25, -0.2) is 9.37 Å². The number of fused-ring (bicyclic) bond motifs is 1. The topological polar surface area (TPSA) is 51.0 Å². The third kappa shape index (κ3) is 3.77. The minimum absolute atomic E-state index is 0.123. The fourth-order valence-corrected chi connectivity index (χ4v) is 3.78. The zero-order valence-electron chi connectivity index (χ0n) is 15.5. The van der Waals surface area contributed by atoms with Gasteiger partial charge in [-0.05, 0) is 24.3 Å². The number of imidazole rings is 1. The van der Waals surface area contributed by atoms with Crippen LogP contribution in [0.1, 0.15) is 33.0 Å². The van der Waals surface area contributed by atoms with Crippen molar-refractivity contribution in [2.45, 2.75) is 25.7 Å². The van der Waals surface area contributed by atoms with E-state index in [4.69, 9.17) is 11.6 Å². The zero-order chi connectivity index (χ0) is 21.5. The first kappa shape index (κ1) is 20.3. The summed E-state index contributed by atoms with van der Waals surface area (Å²) in [4.78, 5) is 22.6. The summed E-state index contributed by atoms with van der Waals surface area (Å²) in [5, 5.41) is -0.614. The molecule has 0 spiro atoms. The molecular formula is C20H15ClF4N4O. The molecule has 0 radical (unpaired) electrons. The van der Waals surface area contributed by atoms with Gasteiger partial charge in [0.1, 0.15) is 5.82 Å². The summed E-state index contributed by atoms with van der Waals surface area (Å²) in [5.74, 6) is -1.02. The molecule has 0 bridgehead atoms. The van der Waals surface area contributed by atoms with Gasteiger partial charge in [-0.15, -0.1) is 0 Å². The second-order valence-electron chi connectivity index (χ2n) is 6.84. The van der Waals surface area contributed by atoms with E-state index in [0.717, 1.165) is 17.8 Å². The first-order valence-corrected chi connectivity index (χ1v) is 9.40. The zero-order valence-corrected chi connectivity index (χ0v) is 16.2. The molecule has 2 aromatic heterocycles. The Morgan fingerprint density at radius 2 is 1.97 bits per heavy atom. The van der Waals surface area contributed by atoms with Crippen LogP contribution in [-0.2, 0) is 25.7 Å². The molecule has 0 saturated heterocycles. The SMILES string of the molecule is O=C(c1cccc(C(F)(F)F)c1Cl)N1CCc2c(ncn2Cc2ncccc2F)C1. The number of nitrogens with zero attached hydrogens (tertiary/aromatic N) is 4. The van der Waals surface area contributed by atoms with Gasteiger partial charge in [0.2, 0.25) is 0 Å². The van der Waals surface area contributed by atoms with Gasteiger partial charge in [0.25, 0.3) is 5.91 Å². The third-order valence-electron chi connectivity index (χ3n) is 4.97. The van der Waals surface area contributed by atoms with Crippen molar-refractivity contribution >= 4 is 17.5 Å². The third-order valence-corrected chi connectivity index (χ3v) is 5.38. The first-order chi connectivity index (χ1) is 14.3. The number of carbonyl (C=O) groups excluding carboxylic acids is 1. The van der Waals surface area contributed by atoms with Gasteiger partial charge in [0, 0.05) is 24.9 Å². The van der Waals surface area contributed by atoms with Crippen molar-refractivity contribution in [1.29, 1.82) is 0 Å². The monoisotopic (exact) mass is 438 g/mol. The Labute approximate surface area is 173 Å². The highest BCUT2D eigenvalue weighted by molar-refractivity contribution is 6.34. The average molecular weight is 439 g/mol. The summed E-state index contributed by atoms with van der Waals surface area (Å²) in [6, 6.07) is 6.10. The van der Waals surface area contributed by atoms with Crippen LogP contribution in [-0.4, -0.2) is 31.9 Å². The van der Waals surface area contributed by atoms with Crippen LogP contribution in [0.2, 0.25) is 5.02 Å². The summed E-state index contributed by atoms with van der Waals surface area (Å²) < 4.78 is 54.9. The maximum atomic E-state index is 13.9. The summed E-state index contributed by atoms with van der Waals surface area (Å²) in [6.45, 7) is 0.593. The van der Waals surface area contributed by atoms with Crippen molar-refractivity contribution in [3.05, 3.63) is 81.9 Å². The molecule has 0 aliphatic carbocycles. The summed E-state index contributed by atoms with van der Waals surface area (Å²) in [5.41, 5.74) is 0.458. The molecule has 4 rings (SSSR count). The molecular weight excluding hydrogens is 424 g/mol. The molecule has 0 N–H and O–H groups in total. The predicted octanol–water partition coefficient (Wildman–Crippen LogP) is 4.34. The number of carbonyl (C=O) groups is 1. The van der Waals surface area contributed by atoms with Crippen molar-refractivity contribution < 1.29 is 22.4 Å². The van der Waals surface area contributed by atoms with Gasteiger partial charge in [0.05, 0.1) is 47.0 Å². The van der Waals surface area contributed by atoms with Crippen molar-refractivity contribution in [3.63, 3.8) is 0 Å². The number of halogens is 5. The molecule has 5 nitrogen and oxygen atoms in total. The number of pyridine rings is 1. The van der Waals surface area contributed by atoms with E-state index in [9.17, 15) is 22.4 Å². The minimum Gasteiger partial charge on any atom is -0.332 e. The van der Waals surface area contributed by atoms with E-state index in [1.54, 1.807) is 10.9 Å². The number of alkyl halides is 3. The Balaban J connectivity index is 1.55. The highest BCUT2D eigenvalue weighted by Gasteiger charge is 2.35. The Morgan fingerprint density at radius 1 is 1.17 bits per heavy atom. The van der Waals surface area contributed by atoms with E-state index in [1.807, 2.05) is 0 Å². The van der Waals surface area contributed by atoms with Crippen LogP contribution in [0.3, 0.4) is 0 Å². The maximum absolute atomic E-state index is 13.9. The Morgan fingerprint density at radius 3 is 2.70 bits per heavy atom. The largest absolute Gasteiger partial charge is 0.417 e. The highest BCUT2D eigenvalue weighted by Crippen LogP contribution is 2.36. The molecule has 156 valence electrons. The second kappa shape index (κ2) is 7.71. The molecule has 1 aliphatic rings. The molecule has 0 unspecified atom stereocenters. The fraction of sp³-hybridized carbons (Fsp3) is 0.250. The van der Waals surface area contributed by atoms with Crippen LogP contribution in [0.15, 0.2) is 42.9 Å². The number of rotatable bonds is 3. The summed E-state index contributed by atoms with van der Waals surface area (Å²) in [6.07, 6.45) is -1.18. The molecule has 0 saturated carbocycles. The Bertz CT molecular complexity index is 1110. The van der Waals surface area contributed by atoms with Crippen molar-refractivity contribution in [2.24, 2.45) is 0 Å². The number of hydrogen-bond donors (Lipinski definition) is 0. The lowest BCUT2D eigenvalue weighted by Crippen LogP contribution is -2.37. The van der Waals surface area contributed by atoms with E-state index in [-0.39, 0.29) is 30.9 Å². The van der Waals surface area contributed by atoms with Gasteiger partial charge < -0.3 is 9.47 Å². The van der Waals surface area contributed by atoms with E-state index < -0.39 is 28.5 Å². The molecule has 30 heavy (non-hydrogen) atoms. The molecule has 1 aliphatic heterocycles. The summed E-state index contributed by atoms with van der Waals surface area (Å²) in [7, 11) is 0. The smallest absolute Gasteiger partial charge is 0.332 e. The Kier molecular flexibility index (Phi) is 5.23. The van der Waals surface area contributed by atoms with Gasteiger partial charge in [-0.3, -0.25) is 9.78 Å². The van der Waals surface area contributed by atoms with E-state index in [0.29, 0.717) is 12.1 Å². The number of benzene rings is 1. The molecule has 3 aromatic rings. The normalized spacial score (nSPS) is 14.0. The number of amides is 1. The van der Waals surface area contributed by atoms with E-state index in [1.165, 1.54) is 29.3 Å². The number of aromatic nitrogens is 3. The maximum Gasteiger partial charge on any atom is 0.417 e. The van der Waals surface area contributed by atoms with Crippen LogP contribution in [0.5, 0.6) is 0 Å². The van der Waals surface area contributed by atoms with Crippen LogP contribution in [0.25, 0.3) is 0 Å². The highest BCUT2D eigenvalue weighted by atomic mass is 35.5. The van der Waals surface area contributed by atoms with Crippen molar-refractivity contribution in [1.82, 2.24) is 19.4 Å². The lowest BCUT2D eigenvalue weighted by molar-refractivity contribution is -0.137. The molecule has 0 fully saturated rings. The van der Waals surface area contributed by atoms with Gasteiger partial charge in [0.15, 0.2) is 0 Å². The quantitative estimate of drug-likeness (QED) is 0.572. The van der Waals surface area contributed by atoms with E-state index >= 15 is 0 Å². The Hall–Kier alpha value is -2.94. The first-order valence-electron chi connectivity index (χ1n) is 9.03. The second-order valence-corrected chi connectivity index (χ2v) is 7.22. The minimum atomic E-state index is -4.65. The van der Waals surface area contributed by atoms with Gasteiger partial charge in [-0.1, -0.05) is 17.7 Å². The van der Waals surface area contributed by atoms with Crippen molar-refractivity contribution in [2.75, 3.05) is 6.54 Å². The van der Waals surface area contributed by atoms with Crippen molar-refractivity contribution in [3.8, 4) is 0 Å². The van der Waals surface area contributed by atoms with Crippen LogP contribution in [0, 0.1) is 5.82 Å². The van der Waals surface area contributed by atoms with Gasteiger partial charge >= 0.3 is 6.18 Å². The fourth-order valence-electron chi connectivity index (χ4n) is 3.46.